The number of hydrogen-bond acceptors (Lipinski definition) is 20. The van der Waals surface area contributed by atoms with Gasteiger partial charge < -0.3 is 78.0 Å². The number of ether oxygens (including phenoxy) is 10. The number of carbonyl (C=O) groups is 4. The summed E-state index contributed by atoms with van der Waals surface area (Å²) in [7, 11) is 4.52. The molecule has 2 aliphatic heterocycles. The second kappa shape index (κ2) is 20.7. The Kier molecular flexibility index (Phi) is 16.3. The van der Waals surface area contributed by atoms with Crippen LogP contribution in [0.4, 0.5) is 0 Å². The molecule has 0 bridgehead atoms. The predicted octanol–water partition coefficient (Wildman–Crippen LogP) is 2.23. The van der Waals surface area contributed by atoms with E-state index in [0.717, 1.165) is 66.3 Å². The number of allylic oxidation sites excluding steroid dienone is 2. The Bertz CT molecular complexity index is 1990. The zero-order valence-electron chi connectivity index (χ0n) is 43.2. The fourth-order valence-electron chi connectivity index (χ4n) is 14.8. The van der Waals surface area contributed by atoms with Crippen LogP contribution in [0.15, 0.2) is 11.6 Å². The normalized spacial score (nSPS) is 44.4. The first-order valence-corrected chi connectivity index (χ1v) is 25.2. The van der Waals surface area contributed by atoms with Gasteiger partial charge in [0, 0.05) is 7.11 Å². The van der Waals surface area contributed by atoms with Crippen LogP contribution in [0.25, 0.3) is 0 Å². The van der Waals surface area contributed by atoms with Gasteiger partial charge in [-0.3, -0.25) is 4.79 Å². The minimum absolute atomic E-state index is 0.0768. The number of fused-ring (bicyclic) bond motifs is 7. The monoisotopic (exact) mass is 1010 g/mol. The molecule has 20 nitrogen and oxygen atoms in total. The number of rotatable bonds is 14. The third-order valence-corrected chi connectivity index (χ3v) is 19.1. The van der Waals surface area contributed by atoms with Crippen molar-refractivity contribution in [2.75, 3.05) is 41.7 Å². The van der Waals surface area contributed by atoms with Gasteiger partial charge in [0.1, 0.15) is 49.3 Å². The summed E-state index contributed by atoms with van der Waals surface area (Å²) in [5.41, 5.74) is -0.926. The molecule has 0 aromatic heterocycles. The Morgan fingerprint density at radius 3 is 2.07 bits per heavy atom. The van der Waals surface area contributed by atoms with Crippen LogP contribution in [0.2, 0.25) is 0 Å². The van der Waals surface area contributed by atoms with E-state index < -0.39 is 128 Å². The summed E-state index contributed by atoms with van der Waals surface area (Å²) in [5.74, 6) is -3.07. The van der Waals surface area contributed by atoms with Crippen LogP contribution < -0.4 is 0 Å². The molecule has 0 spiro atoms. The molecule has 0 amide bonds. The summed E-state index contributed by atoms with van der Waals surface area (Å²) in [6.45, 7) is 14.6. The van der Waals surface area contributed by atoms with Gasteiger partial charge in [0.05, 0.1) is 39.5 Å². The first kappa shape index (κ1) is 55.9. The lowest BCUT2D eigenvalue weighted by Crippen LogP contribution is -2.66. The zero-order valence-corrected chi connectivity index (χ0v) is 43.2. The van der Waals surface area contributed by atoms with Crippen LogP contribution >= 0.6 is 0 Å². The van der Waals surface area contributed by atoms with Crippen LogP contribution in [0.3, 0.4) is 0 Å². The molecule has 404 valence electrons. The molecule has 0 unspecified atom stereocenters. The smallest absolute Gasteiger partial charge is 0.340 e. The highest BCUT2D eigenvalue weighted by molar-refractivity contribution is 5.79. The van der Waals surface area contributed by atoms with Gasteiger partial charge in [0.2, 0.25) is 12.4 Å². The lowest BCUT2D eigenvalue weighted by molar-refractivity contribution is -0.346. The van der Waals surface area contributed by atoms with Crippen molar-refractivity contribution in [1.29, 1.82) is 0 Å². The minimum atomic E-state index is -1.86. The molecule has 20 heteroatoms. The lowest BCUT2D eigenvalue weighted by atomic mass is 9.33. The van der Waals surface area contributed by atoms with Crippen molar-refractivity contribution in [2.45, 2.75) is 193 Å². The second-order valence-electron chi connectivity index (χ2n) is 23.4. The molecule has 7 rings (SSSR count). The summed E-state index contributed by atoms with van der Waals surface area (Å²) in [6.07, 6.45) is -10.6. The van der Waals surface area contributed by atoms with Crippen LogP contribution in [-0.2, 0) is 66.5 Å². The molecule has 5 aliphatic carbocycles. The van der Waals surface area contributed by atoms with E-state index in [1.165, 1.54) is 12.7 Å². The zero-order chi connectivity index (χ0) is 52.4. The third-order valence-electron chi connectivity index (χ3n) is 19.1. The highest BCUT2D eigenvalue weighted by Gasteiger charge is 2.70. The van der Waals surface area contributed by atoms with Crippen molar-refractivity contribution in [1.82, 2.24) is 0 Å². The molecule has 6 fully saturated rings. The van der Waals surface area contributed by atoms with Gasteiger partial charge in [0.15, 0.2) is 18.7 Å². The van der Waals surface area contributed by atoms with E-state index >= 15 is 0 Å². The van der Waals surface area contributed by atoms with Crippen LogP contribution in [-0.4, -0.2) is 176 Å². The van der Waals surface area contributed by atoms with E-state index in [-0.39, 0.29) is 39.4 Å². The summed E-state index contributed by atoms with van der Waals surface area (Å²) < 4.78 is 55.8. The SMILES string of the molecule is COC(=O)CO[C@@H](O[C@@H]1[C@@H](O)[C@H](O[C@H]2CC[C@]3(C)[C@H]4CC=C5[C@@H]6CC(C)(C)CC[C@]6(C(=O)O[C@@H]6O[C@H](CO)[C@H](O)[C@H](O)[C@H]6O)CC[C@@]5(C)[C@]4(C)CC[C@H]3C2(C)C)O[C@H](C(=O)OC)[C@H]1O)[C@@H](OC)C(=O)OC. The van der Waals surface area contributed by atoms with Crippen LogP contribution in [0.1, 0.15) is 113 Å². The second-order valence-corrected chi connectivity index (χ2v) is 23.4. The summed E-state index contributed by atoms with van der Waals surface area (Å²) in [4.78, 5) is 52.7. The maximum atomic E-state index is 14.7. The largest absolute Gasteiger partial charge is 0.467 e. The Balaban J connectivity index is 1.14. The fourth-order valence-corrected chi connectivity index (χ4v) is 14.8. The Morgan fingerprint density at radius 1 is 0.746 bits per heavy atom. The number of aliphatic hydroxyl groups excluding tert-OH is 6. The van der Waals surface area contributed by atoms with Crippen molar-refractivity contribution < 1.29 is 97.2 Å². The molecule has 2 heterocycles. The Morgan fingerprint density at radius 2 is 1.44 bits per heavy atom. The summed E-state index contributed by atoms with van der Waals surface area (Å²) >= 11 is 0. The van der Waals surface area contributed by atoms with E-state index in [1.807, 2.05) is 0 Å². The topological polar surface area (TPSA) is 282 Å². The minimum Gasteiger partial charge on any atom is -0.467 e. The fraction of sp³-hybridized carbons (Fsp3) is 0.882. The van der Waals surface area contributed by atoms with E-state index in [0.29, 0.717) is 19.3 Å². The maximum absolute atomic E-state index is 14.7. The number of methoxy groups -OCH3 is 4. The third kappa shape index (κ3) is 9.50. The molecule has 0 radical (unpaired) electrons. The highest BCUT2D eigenvalue weighted by Crippen LogP contribution is 2.76. The average Bonchev–Trinajstić information content (AvgIpc) is 3.33. The average molecular weight is 1010 g/mol. The summed E-state index contributed by atoms with van der Waals surface area (Å²) in [6, 6.07) is 0. The first-order valence-electron chi connectivity index (χ1n) is 25.2. The molecule has 0 aromatic carbocycles. The van der Waals surface area contributed by atoms with Gasteiger partial charge in [-0.25, -0.2) is 14.4 Å². The maximum Gasteiger partial charge on any atom is 0.340 e. The van der Waals surface area contributed by atoms with Crippen LogP contribution in [0.5, 0.6) is 0 Å². The van der Waals surface area contributed by atoms with Gasteiger partial charge in [-0.15, -0.1) is 0 Å². The molecule has 6 N–H and O–H groups in total. The van der Waals surface area contributed by atoms with Gasteiger partial charge in [0.25, 0.3) is 0 Å². The Hall–Kier alpha value is -2.86. The van der Waals surface area contributed by atoms with Gasteiger partial charge in [-0.05, 0) is 109 Å². The van der Waals surface area contributed by atoms with E-state index in [2.05, 4.69) is 59.3 Å². The van der Waals surface area contributed by atoms with Gasteiger partial charge in [-0.2, -0.15) is 0 Å². The molecule has 0 aromatic rings. The van der Waals surface area contributed by atoms with Crippen LogP contribution in [0, 0.1) is 50.2 Å². The lowest BCUT2D eigenvalue weighted by Gasteiger charge is -2.71. The van der Waals surface area contributed by atoms with E-state index in [4.69, 9.17) is 42.6 Å². The Labute approximate surface area is 416 Å². The molecular weight excluding hydrogens is 933 g/mol. The van der Waals surface area contributed by atoms with Crippen molar-refractivity contribution in [2.24, 2.45) is 50.2 Å². The number of hydrogen-bond donors (Lipinski definition) is 6. The molecule has 20 atom stereocenters. The highest BCUT2D eigenvalue weighted by atomic mass is 16.7. The van der Waals surface area contributed by atoms with Crippen molar-refractivity contribution in [3.05, 3.63) is 11.6 Å². The molecule has 71 heavy (non-hydrogen) atoms. The van der Waals surface area contributed by atoms with Crippen molar-refractivity contribution in [3.63, 3.8) is 0 Å². The molecule has 7 aliphatic rings. The standard InChI is InChI=1S/C51H80O20/c1-46(2)18-20-51(45(61)71-42-34(56)33(55)32(54)27(23-52)67-42)21-19-49(6)25(26(51)22-46)12-13-29-48(5)16-15-30(47(3,4)28(48)14-17-50(29,49)7)68-43-36(58)37(35(57)38(70-43)40(59)64-10)69-44(66-24-31(53)62-8)39(63-9)41(60)65-11/h12,26-30,32-39,42-44,52,54-58H,13-24H2,1-11H3/t26-,27+,28-,29+,30-,32-,33-,34+,35-,36+,37-,38-,39-,42-,43+,44-,48-,49+,50+,51-/m0/s1. The molecule has 2 saturated heterocycles. The predicted molar refractivity (Wildman–Crippen MR) is 246 cm³/mol. The molecule has 4 saturated carbocycles. The summed E-state index contributed by atoms with van der Waals surface area (Å²) in [5, 5.41) is 65.1. The molecular formula is C51H80O20. The van der Waals surface area contributed by atoms with Gasteiger partial charge >= 0.3 is 23.9 Å². The van der Waals surface area contributed by atoms with E-state index in [9.17, 15) is 49.8 Å². The van der Waals surface area contributed by atoms with Gasteiger partial charge in [-0.1, -0.05) is 60.1 Å². The van der Waals surface area contributed by atoms with Crippen molar-refractivity contribution >= 4 is 23.9 Å². The van der Waals surface area contributed by atoms with E-state index in [1.54, 1.807) is 0 Å². The van der Waals surface area contributed by atoms with Crippen molar-refractivity contribution in [3.8, 4) is 0 Å². The first-order chi connectivity index (χ1) is 33.2. The quantitative estimate of drug-likeness (QED) is 0.0478. The number of aliphatic hydroxyl groups is 6. The number of esters is 4. The number of carbonyl (C=O) groups excluding carboxylic acids is 4.